The number of rotatable bonds is 6. The van der Waals surface area contributed by atoms with Gasteiger partial charge in [-0.25, -0.2) is 0 Å². The van der Waals surface area contributed by atoms with Crippen molar-refractivity contribution in [2.75, 3.05) is 0 Å². The number of pyridine rings is 1. The van der Waals surface area contributed by atoms with Crippen molar-refractivity contribution >= 4 is 16.8 Å². The van der Waals surface area contributed by atoms with E-state index in [9.17, 15) is 10.2 Å². The molecule has 25 heavy (non-hydrogen) atoms. The van der Waals surface area contributed by atoms with Crippen LogP contribution in [0.25, 0.3) is 28.1 Å². The minimum atomic E-state index is -0.222. The van der Waals surface area contributed by atoms with Crippen molar-refractivity contribution < 1.29 is 10.2 Å². The lowest BCUT2D eigenvalue weighted by molar-refractivity contribution is 0.182. The number of phenols is 1. The van der Waals surface area contributed by atoms with Crippen LogP contribution < -0.4 is 0 Å². The third-order valence-corrected chi connectivity index (χ3v) is 4.21. The fourth-order valence-electron chi connectivity index (χ4n) is 2.82. The smallest absolute Gasteiger partial charge is 0.116 e. The number of hydrogen-bond donors (Lipinski definition) is 2. The second kappa shape index (κ2) is 7.95. The lowest BCUT2D eigenvalue weighted by atomic mass is 10.0. The van der Waals surface area contributed by atoms with Crippen molar-refractivity contribution in [2.45, 2.75) is 32.3 Å². The summed E-state index contributed by atoms with van der Waals surface area (Å²) in [5.74, 6) is 0.281. The highest BCUT2D eigenvalue weighted by Crippen LogP contribution is 2.25. The summed E-state index contributed by atoms with van der Waals surface area (Å²) in [4.78, 5) is 4.56. The summed E-state index contributed by atoms with van der Waals surface area (Å²) in [5, 5.41) is 20.9. The first-order valence-corrected chi connectivity index (χ1v) is 8.65. The predicted octanol–water partition coefficient (Wildman–Crippen LogP) is 5.17. The molecule has 0 bridgehead atoms. The van der Waals surface area contributed by atoms with Crippen molar-refractivity contribution in [2.24, 2.45) is 0 Å². The topological polar surface area (TPSA) is 53.4 Å². The number of benzene rings is 2. The number of aromatic nitrogens is 1. The number of fused-ring (bicyclic) bond motifs is 1. The van der Waals surface area contributed by atoms with Crippen LogP contribution in [0.1, 0.15) is 31.7 Å². The van der Waals surface area contributed by atoms with Gasteiger partial charge in [0.2, 0.25) is 0 Å². The van der Waals surface area contributed by atoms with Crippen LogP contribution in [0.15, 0.2) is 60.8 Å². The van der Waals surface area contributed by atoms with E-state index in [4.69, 9.17) is 0 Å². The molecule has 0 aliphatic rings. The molecule has 0 fully saturated rings. The van der Waals surface area contributed by atoms with Gasteiger partial charge in [-0.3, -0.25) is 4.98 Å². The highest BCUT2D eigenvalue weighted by atomic mass is 16.3. The van der Waals surface area contributed by atoms with Gasteiger partial charge in [0.05, 0.1) is 11.8 Å². The highest BCUT2D eigenvalue weighted by molar-refractivity contribution is 5.87. The predicted molar refractivity (Wildman–Crippen MR) is 103 cm³/mol. The first kappa shape index (κ1) is 17.2. The Morgan fingerprint density at radius 2 is 1.84 bits per heavy atom. The van der Waals surface area contributed by atoms with Gasteiger partial charge in [0.1, 0.15) is 5.75 Å². The molecule has 0 saturated carbocycles. The van der Waals surface area contributed by atoms with E-state index >= 15 is 0 Å². The Morgan fingerprint density at radius 3 is 2.60 bits per heavy atom. The number of aliphatic hydroxyl groups is 1. The monoisotopic (exact) mass is 333 g/mol. The van der Waals surface area contributed by atoms with E-state index in [1.807, 2.05) is 37.4 Å². The zero-order valence-electron chi connectivity index (χ0n) is 14.4. The molecule has 0 aliphatic heterocycles. The van der Waals surface area contributed by atoms with E-state index < -0.39 is 0 Å². The number of aliphatic hydroxyl groups excluding tert-OH is 1. The maximum absolute atomic E-state index is 9.55. The maximum atomic E-state index is 9.55. The van der Waals surface area contributed by atoms with Gasteiger partial charge in [0.25, 0.3) is 0 Å². The van der Waals surface area contributed by atoms with E-state index in [1.165, 1.54) is 0 Å². The second-order valence-electron chi connectivity index (χ2n) is 6.41. The van der Waals surface area contributed by atoms with Crippen molar-refractivity contribution in [3.63, 3.8) is 0 Å². The van der Waals surface area contributed by atoms with Crippen LogP contribution in [0.3, 0.4) is 0 Å². The average Bonchev–Trinajstić information content (AvgIpc) is 2.61. The number of aromatic hydroxyl groups is 1. The van der Waals surface area contributed by atoms with Crippen LogP contribution in [0.5, 0.6) is 5.75 Å². The Labute approximate surface area is 148 Å². The number of hydrogen-bond acceptors (Lipinski definition) is 3. The Balaban J connectivity index is 1.69. The van der Waals surface area contributed by atoms with Gasteiger partial charge in [0, 0.05) is 11.8 Å². The molecule has 0 amide bonds. The normalized spacial score (nSPS) is 12.7. The van der Waals surface area contributed by atoms with Gasteiger partial charge in [-0.2, -0.15) is 0 Å². The van der Waals surface area contributed by atoms with E-state index in [-0.39, 0.29) is 11.9 Å². The molecule has 1 unspecified atom stereocenters. The third-order valence-electron chi connectivity index (χ3n) is 4.21. The Bertz CT molecular complexity index is 867. The quantitative estimate of drug-likeness (QED) is 0.612. The molecule has 2 aromatic carbocycles. The molecule has 1 heterocycles. The van der Waals surface area contributed by atoms with Crippen LogP contribution in [-0.2, 0) is 0 Å². The first-order valence-electron chi connectivity index (χ1n) is 8.65. The van der Waals surface area contributed by atoms with Crippen LogP contribution >= 0.6 is 0 Å². The third kappa shape index (κ3) is 4.68. The molecule has 1 atom stereocenters. The van der Waals surface area contributed by atoms with Gasteiger partial charge >= 0.3 is 0 Å². The molecule has 0 radical (unpaired) electrons. The van der Waals surface area contributed by atoms with E-state index in [0.717, 1.165) is 46.9 Å². The minimum Gasteiger partial charge on any atom is -0.508 e. The SMILES string of the molecule is CC(O)CCCC=Cc1ccc(-c2ccc3cc(O)ccc3c2)nc1. The maximum Gasteiger partial charge on any atom is 0.116 e. The van der Waals surface area contributed by atoms with Gasteiger partial charge < -0.3 is 10.2 Å². The standard InChI is InChI=1S/C22H23NO2/c1-16(24)5-3-2-4-6-17-7-12-22(23-15-17)20-9-8-19-14-21(25)11-10-18(19)13-20/h4,6-16,24-25H,2-3,5H2,1H3. The molecular weight excluding hydrogens is 310 g/mol. The Hall–Kier alpha value is -2.65. The summed E-state index contributed by atoms with van der Waals surface area (Å²) < 4.78 is 0. The van der Waals surface area contributed by atoms with Gasteiger partial charge in [-0.15, -0.1) is 0 Å². The van der Waals surface area contributed by atoms with Gasteiger partial charge in [-0.05, 0) is 66.8 Å². The lowest BCUT2D eigenvalue weighted by Gasteiger charge is -2.05. The van der Waals surface area contributed by atoms with Crippen molar-refractivity contribution in [1.82, 2.24) is 4.98 Å². The molecule has 3 nitrogen and oxygen atoms in total. The number of nitrogens with zero attached hydrogens (tertiary/aromatic N) is 1. The molecule has 3 heteroatoms. The molecule has 0 saturated heterocycles. The lowest BCUT2D eigenvalue weighted by Crippen LogP contribution is -1.97. The van der Waals surface area contributed by atoms with Crippen LogP contribution in [-0.4, -0.2) is 21.3 Å². The van der Waals surface area contributed by atoms with Crippen molar-refractivity contribution in [3.8, 4) is 17.0 Å². The summed E-state index contributed by atoms with van der Waals surface area (Å²) in [6.45, 7) is 1.82. The fraction of sp³-hybridized carbons (Fsp3) is 0.227. The summed E-state index contributed by atoms with van der Waals surface area (Å²) in [6.07, 6.45) is 8.64. The number of unbranched alkanes of at least 4 members (excludes halogenated alkanes) is 1. The Morgan fingerprint density at radius 1 is 1.04 bits per heavy atom. The first-order chi connectivity index (χ1) is 12.1. The molecular formula is C22H23NO2. The minimum absolute atomic E-state index is 0.222. The van der Waals surface area contributed by atoms with Crippen LogP contribution in [0.2, 0.25) is 0 Å². The molecule has 3 aromatic rings. The van der Waals surface area contributed by atoms with Gasteiger partial charge in [-0.1, -0.05) is 36.4 Å². The van der Waals surface area contributed by atoms with E-state index in [1.54, 1.807) is 12.1 Å². The molecule has 2 N–H and O–H groups in total. The Kier molecular flexibility index (Phi) is 5.46. The zero-order valence-corrected chi connectivity index (χ0v) is 14.4. The van der Waals surface area contributed by atoms with E-state index in [0.29, 0.717) is 0 Å². The van der Waals surface area contributed by atoms with Gasteiger partial charge in [0.15, 0.2) is 0 Å². The molecule has 3 rings (SSSR count). The molecule has 1 aromatic heterocycles. The molecule has 0 spiro atoms. The zero-order chi connectivity index (χ0) is 17.6. The van der Waals surface area contributed by atoms with E-state index in [2.05, 4.69) is 29.3 Å². The highest BCUT2D eigenvalue weighted by Gasteiger charge is 2.02. The summed E-state index contributed by atoms with van der Waals surface area (Å²) in [5.41, 5.74) is 3.07. The number of phenolic OH excluding ortho intramolecular Hbond substituents is 1. The molecule has 0 aliphatic carbocycles. The largest absolute Gasteiger partial charge is 0.508 e. The summed E-state index contributed by atoms with van der Waals surface area (Å²) in [7, 11) is 0. The van der Waals surface area contributed by atoms with Crippen LogP contribution in [0, 0.1) is 0 Å². The summed E-state index contributed by atoms with van der Waals surface area (Å²) >= 11 is 0. The second-order valence-corrected chi connectivity index (χ2v) is 6.41. The summed E-state index contributed by atoms with van der Waals surface area (Å²) in [6, 6.07) is 15.6. The van der Waals surface area contributed by atoms with Crippen molar-refractivity contribution in [1.29, 1.82) is 0 Å². The van der Waals surface area contributed by atoms with Crippen molar-refractivity contribution in [3.05, 3.63) is 66.4 Å². The number of allylic oxidation sites excluding steroid dienone is 1. The average molecular weight is 333 g/mol. The molecule has 128 valence electrons. The van der Waals surface area contributed by atoms with Crippen LogP contribution in [0.4, 0.5) is 0 Å². The fourth-order valence-corrected chi connectivity index (χ4v) is 2.82.